The summed E-state index contributed by atoms with van der Waals surface area (Å²) in [5.41, 5.74) is 1.11. The third-order valence-corrected chi connectivity index (χ3v) is 5.83. The number of amides is 2. The molecular formula is C26H30N2O7. The van der Waals surface area contributed by atoms with E-state index in [1.165, 1.54) is 29.2 Å². The summed E-state index contributed by atoms with van der Waals surface area (Å²) in [6.45, 7) is 4.11. The number of hydrogen-bond acceptors (Lipinski definition) is 6. The van der Waals surface area contributed by atoms with Gasteiger partial charge in [0.05, 0.1) is 11.3 Å². The summed E-state index contributed by atoms with van der Waals surface area (Å²) in [5.74, 6) is -3.08. The number of fused-ring (bicyclic) bond motifs is 2. The molecule has 4 N–H and O–H groups in total. The van der Waals surface area contributed by atoms with Crippen LogP contribution < -0.4 is 9.80 Å². The zero-order valence-electron chi connectivity index (χ0n) is 19.8. The van der Waals surface area contributed by atoms with Crippen LogP contribution in [0.25, 0.3) is 0 Å². The van der Waals surface area contributed by atoms with Gasteiger partial charge < -0.3 is 25.3 Å². The summed E-state index contributed by atoms with van der Waals surface area (Å²) in [4.78, 5) is 40.4. The number of carbonyl (C=O) groups is 3. The molecule has 1 aliphatic rings. The van der Waals surface area contributed by atoms with E-state index in [1.807, 2.05) is 19.9 Å². The maximum atomic E-state index is 13.7. The molecule has 0 radical (unpaired) electrons. The normalized spacial score (nSPS) is 13.3. The van der Waals surface area contributed by atoms with Crippen LogP contribution in [0.2, 0.25) is 0 Å². The predicted molar refractivity (Wildman–Crippen MR) is 131 cm³/mol. The smallest absolute Gasteiger partial charge is 0.303 e. The van der Waals surface area contributed by atoms with Gasteiger partial charge in [0.1, 0.15) is 28.6 Å². The third-order valence-electron chi connectivity index (χ3n) is 5.83. The third kappa shape index (κ3) is 5.56. The zero-order chi connectivity index (χ0) is 25.7. The van der Waals surface area contributed by atoms with Gasteiger partial charge in [-0.25, -0.2) is 0 Å². The number of carboxylic acid groups (broad SMARTS) is 1. The molecule has 0 fully saturated rings. The molecule has 0 aromatic heterocycles. The number of carbonyl (C=O) groups excluding carboxylic acids is 2. The molecule has 0 atom stereocenters. The van der Waals surface area contributed by atoms with Crippen LogP contribution in [0.4, 0.5) is 17.1 Å². The second kappa shape index (κ2) is 10.9. The lowest BCUT2D eigenvalue weighted by Gasteiger charge is -2.27. The van der Waals surface area contributed by atoms with Crippen molar-refractivity contribution in [3.63, 3.8) is 0 Å². The summed E-state index contributed by atoms with van der Waals surface area (Å²) in [6, 6.07) is 6.68. The lowest BCUT2D eigenvalue weighted by Crippen LogP contribution is -2.30. The monoisotopic (exact) mass is 482 g/mol. The molecule has 1 aliphatic heterocycles. The van der Waals surface area contributed by atoms with E-state index in [4.69, 9.17) is 5.11 Å². The molecule has 0 saturated heterocycles. The molecule has 0 aliphatic carbocycles. The largest absolute Gasteiger partial charge is 0.508 e. The average Bonchev–Trinajstić information content (AvgIpc) is 2.89. The molecule has 9 heteroatoms. The van der Waals surface area contributed by atoms with Gasteiger partial charge in [0, 0.05) is 31.5 Å². The molecule has 2 aromatic carbocycles. The number of phenols is 3. The van der Waals surface area contributed by atoms with E-state index in [0.717, 1.165) is 29.4 Å². The Balaban J connectivity index is 2.17. The van der Waals surface area contributed by atoms with Gasteiger partial charge in [0.25, 0.3) is 5.91 Å². The van der Waals surface area contributed by atoms with Gasteiger partial charge in [0.2, 0.25) is 5.91 Å². The highest BCUT2D eigenvalue weighted by atomic mass is 16.4. The van der Waals surface area contributed by atoms with Crippen molar-refractivity contribution in [2.45, 2.75) is 52.4 Å². The van der Waals surface area contributed by atoms with Gasteiger partial charge in [-0.15, -0.1) is 0 Å². The summed E-state index contributed by atoms with van der Waals surface area (Å²) in [5, 5.41) is 40.7. The molecule has 2 aromatic rings. The number of aliphatic carboxylic acids is 1. The molecule has 0 bridgehead atoms. The first-order valence-corrected chi connectivity index (χ1v) is 11.6. The molecule has 35 heavy (non-hydrogen) atoms. The van der Waals surface area contributed by atoms with Gasteiger partial charge in [0.15, 0.2) is 0 Å². The first-order valence-electron chi connectivity index (χ1n) is 11.6. The number of phenolic OH excluding ortho intramolecular Hbond substituents is 3. The Labute approximate surface area is 203 Å². The first-order chi connectivity index (χ1) is 16.6. The Bertz CT molecular complexity index is 1170. The van der Waals surface area contributed by atoms with Gasteiger partial charge in [-0.2, -0.15) is 0 Å². The van der Waals surface area contributed by atoms with Crippen LogP contribution in [0.3, 0.4) is 0 Å². The van der Waals surface area contributed by atoms with Crippen LogP contribution in [0.1, 0.15) is 62.7 Å². The standard InChI is InChI=1S/C26H30N2O7/c1-3-7-16(2)12-13-27-19-14-17(29)15-21(31)25(19)28(22(32)10-4-5-11-23(33)34)24-18(26(27)35)8-6-9-20(24)30/h6,8-9,12,14-15,29-31H,3-5,7,10-11,13H2,1-2H3,(H,33,34)/b16-12+. The van der Waals surface area contributed by atoms with Crippen molar-refractivity contribution in [3.8, 4) is 17.2 Å². The summed E-state index contributed by atoms with van der Waals surface area (Å²) < 4.78 is 0. The van der Waals surface area contributed by atoms with Crippen molar-refractivity contribution in [1.29, 1.82) is 0 Å². The van der Waals surface area contributed by atoms with Crippen molar-refractivity contribution < 1.29 is 34.8 Å². The van der Waals surface area contributed by atoms with E-state index in [2.05, 4.69) is 0 Å². The number of anilines is 3. The number of para-hydroxylation sites is 1. The SMILES string of the molecule is CCC/C(C)=C/CN1C(=O)c2cccc(O)c2N(C(=O)CCCCC(=O)O)c2c(O)cc(O)cc21. The first kappa shape index (κ1) is 25.6. The van der Waals surface area contributed by atoms with Crippen LogP contribution in [0, 0.1) is 0 Å². The molecule has 0 saturated carbocycles. The van der Waals surface area contributed by atoms with Gasteiger partial charge in [-0.1, -0.05) is 31.1 Å². The average molecular weight is 483 g/mol. The Morgan fingerprint density at radius 1 is 0.971 bits per heavy atom. The van der Waals surface area contributed by atoms with E-state index in [-0.39, 0.29) is 66.4 Å². The molecule has 3 rings (SSSR count). The van der Waals surface area contributed by atoms with Crippen molar-refractivity contribution in [3.05, 3.63) is 47.5 Å². The maximum absolute atomic E-state index is 13.7. The maximum Gasteiger partial charge on any atom is 0.303 e. The number of nitrogens with zero attached hydrogens (tertiary/aromatic N) is 2. The number of allylic oxidation sites excluding steroid dienone is 1. The summed E-state index contributed by atoms with van der Waals surface area (Å²) in [7, 11) is 0. The Kier molecular flexibility index (Phi) is 8.01. The number of aromatic hydroxyl groups is 3. The molecule has 0 unspecified atom stereocenters. The van der Waals surface area contributed by atoms with E-state index in [9.17, 15) is 29.7 Å². The molecule has 1 heterocycles. The van der Waals surface area contributed by atoms with Crippen molar-refractivity contribution in [2.75, 3.05) is 16.3 Å². The van der Waals surface area contributed by atoms with E-state index in [0.29, 0.717) is 0 Å². The van der Waals surface area contributed by atoms with E-state index < -0.39 is 23.5 Å². The fourth-order valence-corrected chi connectivity index (χ4v) is 4.17. The molecule has 9 nitrogen and oxygen atoms in total. The van der Waals surface area contributed by atoms with Gasteiger partial charge >= 0.3 is 5.97 Å². The second-order valence-electron chi connectivity index (χ2n) is 8.55. The van der Waals surface area contributed by atoms with Gasteiger partial charge in [-0.3, -0.25) is 19.3 Å². The van der Waals surface area contributed by atoms with Crippen LogP contribution in [0.5, 0.6) is 17.2 Å². The minimum absolute atomic E-state index is 0.0406. The minimum Gasteiger partial charge on any atom is -0.508 e. The van der Waals surface area contributed by atoms with E-state index in [1.54, 1.807) is 0 Å². The number of carboxylic acids is 1. The van der Waals surface area contributed by atoms with Crippen molar-refractivity contribution in [1.82, 2.24) is 0 Å². The van der Waals surface area contributed by atoms with Crippen LogP contribution >= 0.6 is 0 Å². The number of benzene rings is 2. The highest BCUT2D eigenvalue weighted by Crippen LogP contribution is 2.50. The summed E-state index contributed by atoms with van der Waals surface area (Å²) in [6.07, 6.45) is 3.98. The highest BCUT2D eigenvalue weighted by molar-refractivity contribution is 6.20. The zero-order valence-corrected chi connectivity index (χ0v) is 19.8. The Hall–Kier alpha value is -4.01. The minimum atomic E-state index is -0.971. The Morgan fingerprint density at radius 2 is 1.69 bits per heavy atom. The lowest BCUT2D eigenvalue weighted by atomic mass is 10.1. The fourth-order valence-electron chi connectivity index (χ4n) is 4.17. The number of unbranched alkanes of at least 4 members (excludes halogenated alkanes) is 1. The quantitative estimate of drug-likeness (QED) is 0.297. The predicted octanol–water partition coefficient (Wildman–Crippen LogP) is 4.82. The number of rotatable bonds is 9. The van der Waals surface area contributed by atoms with Crippen molar-refractivity contribution in [2.24, 2.45) is 0 Å². The molecule has 186 valence electrons. The molecule has 2 amide bonds. The van der Waals surface area contributed by atoms with Crippen LogP contribution in [-0.4, -0.2) is 44.8 Å². The van der Waals surface area contributed by atoms with Gasteiger partial charge in [-0.05, 0) is 38.3 Å². The van der Waals surface area contributed by atoms with Crippen LogP contribution in [-0.2, 0) is 9.59 Å². The molecular weight excluding hydrogens is 452 g/mol. The Morgan fingerprint density at radius 3 is 2.37 bits per heavy atom. The van der Waals surface area contributed by atoms with E-state index >= 15 is 0 Å². The topological polar surface area (TPSA) is 139 Å². The summed E-state index contributed by atoms with van der Waals surface area (Å²) >= 11 is 0. The lowest BCUT2D eigenvalue weighted by molar-refractivity contribution is -0.137. The van der Waals surface area contributed by atoms with Crippen LogP contribution in [0.15, 0.2) is 42.0 Å². The second-order valence-corrected chi connectivity index (χ2v) is 8.55. The van der Waals surface area contributed by atoms with Crippen molar-refractivity contribution >= 4 is 34.8 Å². The fraction of sp³-hybridized carbons (Fsp3) is 0.346. The highest BCUT2D eigenvalue weighted by Gasteiger charge is 2.37. The number of hydrogen-bond donors (Lipinski definition) is 4. The molecule has 0 spiro atoms.